The second-order valence-corrected chi connectivity index (χ2v) is 8.00. The molecule has 1 saturated carbocycles. The molecule has 0 spiro atoms. The standard InChI is InChI=1S/C16H25N3OS/c1-11-6-7-13(21-11)14-17-12(2)15(20)19(14)10-16(18(3)4)8-5-9-16/h6-7,12,14,17H,5,8-10H2,1-4H3. The van der Waals surface area contributed by atoms with Gasteiger partial charge < -0.3 is 9.80 Å². The SMILES string of the molecule is Cc1ccc(C2NC(C)C(=O)N2CC2(N(C)C)CCC2)s1. The Labute approximate surface area is 131 Å². The molecule has 2 unspecified atom stereocenters. The van der Waals surface area contributed by atoms with Gasteiger partial charge in [-0.25, -0.2) is 0 Å². The van der Waals surface area contributed by atoms with Crippen molar-refractivity contribution in [2.24, 2.45) is 0 Å². The fourth-order valence-electron chi connectivity index (χ4n) is 3.43. The van der Waals surface area contributed by atoms with E-state index in [4.69, 9.17) is 0 Å². The first-order chi connectivity index (χ1) is 9.93. The smallest absolute Gasteiger partial charge is 0.241 e. The maximum absolute atomic E-state index is 12.6. The van der Waals surface area contributed by atoms with Gasteiger partial charge in [-0.05, 0) is 59.3 Å². The van der Waals surface area contributed by atoms with E-state index in [1.807, 2.05) is 6.92 Å². The Morgan fingerprint density at radius 1 is 1.43 bits per heavy atom. The Hall–Kier alpha value is -0.910. The molecule has 2 fully saturated rings. The average Bonchev–Trinajstić information content (AvgIpc) is 2.91. The van der Waals surface area contributed by atoms with Crippen molar-refractivity contribution in [1.82, 2.24) is 15.1 Å². The largest absolute Gasteiger partial charge is 0.319 e. The molecule has 1 aromatic rings. The van der Waals surface area contributed by atoms with Crippen molar-refractivity contribution in [2.45, 2.75) is 50.9 Å². The van der Waals surface area contributed by atoms with Crippen LogP contribution in [0.1, 0.15) is 42.1 Å². The van der Waals surface area contributed by atoms with Crippen LogP contribution in [0.2, 0.25) is 0 Å². The number of amides is 1. The van der Waals surface area contributed by atoms with Gasteiger partial charge in [-0.2, -0.15) is 0 Å². The van der Waals surface area contributed by atoms with Crippen LogP contribution < -0.4 is 5.32 Å². The Balaban J connectivity index is 1.85. The first-order valence-corrected chi connectivity index (χ1v) is 8.55. The molecule has 2 heterocycles. The van der Waals surface area contributed by atoms with E-state index in [0.29, 0.717) is 0 Å². The Morgan fingerprint density at radius 2 is 2.14 bits per heavy atom. The summed E-state index contributed by atoms with van der Waals surface area (Å²) in [6.45, 7) is 4.92. The third-order valence-corrected chi connectivity index (χ3v) is 6.15. The summed E-state index contributed by atoms with van der Waals surface area (Å²) in [5, 5.41) is 3.46. The quantitative estimate of drug-likeness (QED) is 0.927. The summed E-state index contributed by atoms with van der Waals surface area (Å²) < 4.78 is 0. The maximum Gasteiger partial charge on any atom is 0.241 e. The van der Waals surface area contributed by atoms with Gasteiger partial charge in [0.1, 0.15) is 6.17 Å². The fraction of sp³-hybridized carbons (Fsp3) is 0.688. The van der Waals surface area contributed by atoms with Gasteiger partial charge in [0.05, 0.1) is 6.04 Å². The molecule has 5 heteroatoms. The van der Waals surface area contributed by atoms with Crippen molar-refractivity contribution in [2.75, 3.05) is 20.6 Å². The minimum Gasteiger partial charge on any atom is -0.319 e. The molecular weight excluding hydrogens is 282 g/mol. The zero-order valence-electron chi connectivity index (χ0n) is 13.3. The lowest BCUT2D eigenvalue weighted by atomic mass is 9.75. The lowest BCUT2D eigenvalue weighted by Crippen LogP contribution is -2.58. The summed E-state index contributed by atoms with van der Waals surface area (Å²) in [4.78, 5) is 19.5. The van der Waals surface area contributed by atoms with Crippen LogP contribution in [-0.2, 0) is 4.79 Å². The van der Waals surface area contributed by atoms with Crippen molar-refractivity contribution >= 4 is 17.2 Å². The van der Waals surface area contributed by atoms with Crippen LogP contribution in [0.5, 0.6) is 0 Å². The number of likely N-dealkylation sites (N-methyl/N-ethyl adjacent to an activating group) is 1. The minimum absolute atomic E-state index is 0.0450. The van der Waals surface area contributed by atoms with Gasteiger partial charge in [0, 0.05) is 21.8 Å². The van der Waals surface area contributed by atoms with Crippen molar-refractivity contribution < 1.29 is 4.79 Å². The fourth-order valence-corrected chi connectivity index (χ4v) is 4.38. The molecule has 0 radical (unpaired) electrons. The zero-order chi connectivity index (χ0) is 15.2. The highest BCUT2D eigenvalue weighted by Crippen LogP contribution is 2.40. The number of hydrogen-bond donors (Lipinski definition) is 1. The number of hydrogen-bond acceptors (Lipinski definition) is 4. The van der Waals surface area contributed by atoms with Crippen LogP contribution in [0, 0.1) is 6.92 Å². The minimum atomic E-state index is -0.0864. The molecule has 4 nitrogen and oxygen atoms in total. The van der Waals surface area contributed by atoms with E-state index in [1.54, 1.807) is 11.3 Å². The molecule has 2 aliphatic rings. The van der Waals surface area contributed by atoms with Gasteiger partial charge >= 0.3 is 0 Å². The number of carbonyl (C=O) groups is 1. The molecule has 1 amide bonds. The topological polar surface area (TPSA) is 35.6 Å². The predicted molar refractivity (Wildman–Crippen MR) is 86.4 cm³/mol. The summed E-state index contributed by atoms with van der Waals surface area (Å²) in [7, 11) is 4.28. The van der Waals surface area contributed by atoms with Crippen LogP contribution >= 0.6 is 11.3 Å². The van der Waals surface area contributed by atoms with Crippen LogP contribution in [0.25, 0.3) is 0 Å². The lowest BCUT2D eigenvalue weighted by molar-refractivity contribution is -0.132. The molecule has 1 N–H and O–H groups in total. The zero-order valence-corrected chi connectivity index (χ0v) is 14.2. The maximum atomic E-state index is 12.6. The molecule has 1 aliphatic carbocycles. The highest BCUT2D eigenvalue weighted by Gasteiger charge is 2.46. The molecule has 0 bridgehead atoms. The van der Waals surface area contributed by atoms with Gasteiger partial charge in [0.15, 0.2) is 0 Å². The van der Waals surface area contributed by atoms with E-state index in [0.717, 1.165) is 6.54 Å². The number of nitrogens with one attached hydrogen (secondary N) is 1. The molecule has 1 aromatic heterocycles. The third kappa shape index (κ3) is 2.51. The van der Waals surface area contributed by atoms with Gasteiger partial charge in [-0.3, -0.25) is 10.1 Å². The first kappa shape index (κ1) is 15.0. The van der Waals surface area contributed by atoms with E-state index in [2.05, 4.69) is 48.3 Å². The van der Waals surface area contributed by atoms with E-state index < -0.39 is 0 Å². The summed E-state index contributed by atoms with van der Waals surface area (Å²) in [6, 6.07) is 4.20. The van der Waals surface area contributed by atoms with E-state index in [1.165, 1.54) is 29.0 Å². The molecule has 3 rings (SSSR count). The molecular formula is C16H25N3OS. The number of carbonyl (C=O) groups excluding carboxylic acids is 1. The van der Waals surface area contributed by atoms with Gasteiger partial charge in [0.25, 0.3) is 0 Å². The van der Waals surface area contributed by atoms with Crippen LogP contribution in [0.3, 0.4) is 0 Å². The van der Waals surface area contributed by atoms with Crippen molar-refractivity contribution in [1.29, 1.82) is 0 Å². The van der Waals surface area contributed by atoms with Gasteiger partial charge in [0.2, 0.25) is 5.91 Å². The summed E-state index contributed by atoms with van der Waals surface area (Å²) >= 11 is 1.78. The molecule has 1 aliphatic heterocycles. The van der Waals surface area contributed by atoms with Gasteiger partial charge in [-0.1, -0.05) is 0 Å². The Kier molecular flexibility index (Phi) is 3.84. The summed E-state index contributed by atoms with van der Waals surface area (Å²) in [5.41, 5.74) is 0.173. The number of thiophene rings is 1. The predicted octanol–water partition coefficient (Wildman–Crippen LogP) is 2.36. The molecule has 2 atom stereocenters. The second kappa shape index (κ2) is 5.38. The lowest BCUT2D eigenvalue weighted by Gasteiger charge is -2.49. The van der Waals surface area contributed by atoms with Crippen molar-refractivity contribution in [3.05, 3.63) is 21.9 Å². The normalized spacial score (nSPS) is 28.2. The highest BCUT2D eigenvalue weighted by atomic mass is 32.1. The Morgan fingerprint density at radius 3 is 2.62 bits per heavy atom. The van der Waals surface area contributed by atoms with E-state index in [-0.39, 0.29) is 23.7 Å². The number of nitrogens with zero attached hydrogens (tertiary/aromatic N) is 2. The van der Waals surface area contributed by atoms with Gasteiger partial charge in [-0.15, -0.1) is 11.3 Å². The first-order valence-electron chi connectivity index (χ1n) is 7.73. The molecule has 1 saturated heterocycles. The number of rotatable bonds is 4. The summed E-state index contributed by atoms with van der Waals surface area (Å²) in [6.07, 6.45) is 3.69. The van der Waals surface area contributed by atoms with E-state index in [9.17, 15) is 4.79 Å². The number of aryl methyl sites for hydroxylation is 1. The highest BCUT2D eigenvalue weighted by molar-refractivity contribution is 7.12. The van der Waals surface area contributed by atoms with E-state index >= 15 is 0 Å². The molecule has 116 valence electrons. The van der Waals surface area contributed by atoms with Crippen LogP contribution in [0.4, 0.5) is 0 Å². The van der Waals surface area contributed by atoms with Crippen LogP contribution in [0.15, 0.2) is 12.1 Å². The molecule has 21 heavy (non-hydrogen) atoms. The Bertz CT molecular complexity index is 535. The van der Waals surface area contributed by atoms with Crippen molar-refractivity contribution in [3.63, 3.8) is 0 Å². The second-order valence-electron chi connectivity index (χ2n) is 6.68. The average molecular weight is 307 g/mol. The summed E-state index contributed by atoms with van der Waals surface area (Å²) in [5.74, 6) is 0.235. The monoisotopic (exact) mass is 307 g/mol. The van der Waals surface area contributed by atoms with Crippen LogP contribution in [-0.4, -0.2) is 47.9 Å². The molecule has 0 aromatic carbocycles. The third-order valence-electron chi connectivity index (χ3n) is 5.10. The van der Waals surface area contributed by atoms with Crippen molar-refractivity contribution in [3.8, 4) is 0 Å².